The van der Waals surface area contributed by atoms with E-state index in [1.54, 1.807) is 4.90 Å². The fourth-order valence-electron chi connectivity index (χ4n) is 1.92. The quantitative estimate of drug-likeness (QED) is 0.839. The molecule has 0 atom stereocenters. The van der Waals surface area contributed by atoms with Crippen LogP contribution in [0.4, 0.5) is 0 Å². The number of rotatable bonds is 6. The molecule has 0 fully saturated rings. The lowest BCUT2D eigenvalue weighted by molar-refractivity contribution is -0.130. The van der Waals surface area contributed by atoms with Crippen LogP contribution in [-0.2, 0) is 21.2 Å². The number of hydrogen-bond donors (Lipinski definition) is 1. The van der Waals surface area contributed by atoms with E-state index < -0.39 is 10.0 Å². The van der Waals surface area contributed by atoms with Crippen LogP contribution >= 0.6 is 0 Å². The molecular weight excluding hydrogens is 280 g/mol. The number of nitrogens with two attached hydrogens (primary N) is 1. The van der Waals surface area contributed by atoms with Gasteiger partial charge in [-0.05, 0) is 32.0 Å². The number of carbonyl (C=O) groups is 1. The normalized spacial score (nSPS) is 11.2. The van der Waals surface area contributed by atoms with Crippen LogP contribution in [0.1, 0.15) is 19.4 Å². The number of primary sulfonamides is 1. The van der Waals surface area contributed by atoms with Gasteiger partial charge in [-0.15, -0.1) is 0 Å². The molecule has 6 nitrogen and oxygen atoms in total. The molecule has 20 heavy (non-hydrogen) atoms. The van der Waals surface area contributed by atoms with Gasteiger partial charge in [0.2, 0.25) is 15.9 Å². The summed E-state index contributed by atoms with van der Waals surface area (Å²) in [5.74, 6) is 0.387. The van der Waals surface area contributed by atoms with E-state index in [1.807, 2.05) is 13.8 Å². The van der Waals surface area contributed by atoms with Gasteiger partial charge < -0.3 is 9.64 Å². The van der Waals surface area contributed by atoms with Crippen LogP contribution in [0.3, 0.4) is 0 Å². The number of carbonyl (C=O) groups excluding carboxylic acids is 1. The lowest BCUT2D eigenvalue weighted by Crippen LogP contribution is -2.31. The van der Waals surface area contributed by atoms with E-state index in [2.05, 4.69) is 0 Å². The van der Waals surface area contributed by atoms with Crippen LogP contribution in [0.5, 0.6) is 5.75 Å². The van der Waals surface area contributed by atoms with Crippen LogP contribution in [0.15, 0.2) is 23.1 Å². The molecule has 2 N–H and O–H groups in total. The highest BCUT2D eigenvalue weighted by Gasteiger charge is 2.16. The molecule has 7 heteroatoms. The topological polar surface area (TPSA) is 89.7 Å². The Labute approximate surface area is 119 Å². The molecule has 1 amide bonds. The summed E-state index contributed by atoms with van der Waals surface area (Å²) in [6, 6.07) is 4.25. The Kier molecular flexibility index (Phi) is 5.52. The van der Waals surface area contributed by atoms with Crippen molar-refractivity contribution in [3.05, 3.63) is 23.8 Å². The van der Waals surface area contributed by atoms with Gasteiger partial charge in [-0.1, -0.05) is 0 Å². The van der Waals surface area contributed by atoms with E-state index in [4.69, 9.17) is 9.88 Å². The number of amides is 1. The fraction of sp³-hybridized carbons (Fsp3) is 0.462. The smallest absolute Gasteiger partial charge is 0.238 e. The van der Waals surface area contributed by atoms with Gasteiger partial charge >= 0.3 is 0 Å². The highest BCUT2D eigenvalue weighted by molar-refractivity contribution is 7.89. The lowest BCUT2D eigenvalue weighted by Gasteiger charge is -2.19. The summed E-state index contributed by atoms with van der Waals surface area (Å²) < 4.78 is 27.9. The second-order valence-corrected chi connectivity index (χ2v) is 5.82. The number of sulfonamides is 1. The minimum Gasteiger partial charge on any atom is -0.496 e. The number of hydrogen-bond acceptors (Lipinski definition) is 4. The molecule has 0 spiro atoms. The zero-order valence-electron chi connectivity index (χ0n) is 11.9. The summed E-state index contributed by atoms with van der Waals surface area (Å²) in [6.07, 6.45) is 0.0776. The highest BCUT2D eigenvalue weighted by atomic mass is 32.2. The van der Waals surface area contributed by atoms with Crippen molar-refractivity contribution in [2.75, 3.05) is 20.2 Å². The molecule has 0 heterocycles. The maximum atomic E-state index is 12.1. The summed E-state index contributed by atoms with van der Waals surface area (Å²) in [5, 5.41) is 5.10. The SMILES string of the molecule is CCN(CC)C(=O)Cc1cc(S(N)(=O)=O)ccc1OC. The van der Waals surface area contributed by atoms with E-state index in [9.17, 15) is 13.2 Å². The predicted molar refractivity (Wildman–Crippen MR) is 76.0 cm³/mol. The molecule has 0 radical (unpaired) electrons. The maximum absolute atomic E-state index is 12.1. The Hall–Kier alpha value is -1.60. The van der Waals surface area contributed by atoms with Crippen molar-refractivity contribution in [1.82, 2.24) is 4.90 Å². The van der Waals surface area contributed by atoms with Crippen molar-refractivity contribution in [3.63, 3.8) is 0 Å². The van der Waals surface area contributed by atoms with E-state index in [1.165, 1.54) is 25.3 Å². The highest BCUT2D eigenvalue weighted by Crippen LogP contribution is 2.23. The van der Waals surface area contributed by atoms with Crippen molar-refractivity contribution in [1.29, 1.82) is 0 Å². The standard InChI is InChI=1S/C13H20N2O4S/c1-4-15(5-2)13(16)9-10-8-11(20(14,17)18)6-7-12(10)19-3/h6-8H,4-5,9H2,1-3H3,(H2,14,17,18). The largest absolute Gasteiger partial charge is 0.496 e. The van der Waals surface area contributed by atoms with Crippen LogP contribution < -0.4 is 9.88 Å². The van der Waals surface area contributed by atoms with Gasteiger partial charge in [0.1, 0.15) is 5.75 Å². The molecule has 0 aliphatic carbocycles. The summed E-state index contributed by atoms with van der Waals surface area (Å²) in [5.41, 5.74) is 0.510. The molecule has 0 unspecified atom stereocenters. The second-order valence-electron chi connectivity index (χ2n) is 4.26. The number of methoxy groups -OCH3 is 1. The fourth-order valence-corrected chi connectivity index (χ4v) is 2.49. The van der Waals surface area contributed by atoms with E-state index in [0.29, 0.717) is 24.4 Å². The molecule has 1 rings (SSSR count). The van der Waals surface area contributed by atoms with Crippen molar-refractivity contribution in [2.24, 2.45) is 5.14 Å². The molecule has 112 valence electrons. The predicted octanol–water partition coefficient (Wildman–Crippen LogP) is 0.753. The Morgan fingerprint density at radius 2 is 1.90 bits per heavy atom. The van der Waals surface area contributed by atoms with Crippen molar-refractivity contribution in [2.45, 2.75) is 25.2 Å². The minimum atomic E-state index is -3.80. The molecule has 0 saturated heterocycles. The van der Waals surface area contributed by atoms with E-state index >= 15 is 0 Å². The Morgan fingerprint density at radius 1 is 1.30 bits per heavy atom. The number of ether oxygens (including phenoxy) is 1. The monoisotopic (exact) mass is 300 g/mol. The van der Waals surface area contributed by atoms with Gasteiger partial charge in [0.15, 0.2) is 0 Å². The van der Waals surface area contributed by atoms with Gasteiger partial charge in [-0.2, -0.15) is 0 Å². The van der Waals surface area contributed by atoms with Crippen LogP contribution in [0.2, 0.25) is 0 Å². The molecule has 0 saturated carbocycles. The first kappa shape index (κ1) is 16.5. The molecule has 1 aromatic rings. The van der Waals surface area contributed by atoms with E-state index in [0.717, 1.165) is 0 Å². The van der Waals surface area contributed by atoms with Crippen molar-refractivity contribution >= 4 is 15.9 Å². The number of nitrogens with zero attached hydrogens (tertiary/aromatic N) is 1. The average molecular weight is 300 g/mol. The first-order valence-corrected chi connectivity index (χ1v) is 7.85. The van der Waals surface area contributed by atoms with Crippen LogP contribution in [0.25, 0.3) is 0 Å². The third kappa shape index (κ3) is 3.94. The summed E-state index contributed by atoms with van der Waals surface area (Å²) in [7, 11) is -2.33. The zero-order chi connectivity index (χ0) is 15.3. The summed E-state index contributed by atoms with van der Waals surface area (Å²) >= 11 is 0. The molecule has 0 aliphatic rings. The molecule has 1 aromatic carbocycles. The van der Waals surface area contributed by atoms with Gasteiger partial charge in [0.05, 0.1) is 18.4 Å². The van der Waals surface area contributed by atoms with Gasteiger partial charge in [-0.25, -0.2) is 13.6 Å². The Morgan fingerprint density at radius 3 is 2.35 bits per heavy atom. The van der Waals surface area contributed by atoms with Gasteiger partial charge in [0, 0.05) is 18.7 Å². The van der Waals surface area contributed by atoms with E-state index in [-0.39, 0.29) is 17.2 Å². The van der Waals surface area contributed by atoms with Crippen LogP contribution in [0, 0.1) is 0 Å². The van der Waals surface area contributed by atoms with Gasteiger partial charge in [0.25, 0.3) is 0 Å². The summed E-state index contributed by atoms with van der Waals surface area (Å²) in [6.45, 7) is 4.98. The Balaban J connectivity index is 3.12. The molecule has 0 bridgehead atoms. The first-order chi connectivity index (χ1) is 9.33. The molecule has 0 aliphatic heterocycles. The molecule has 0 aromatic heterocycles. The van der Waals surface area contributed by atoms with Crippen molar-refractivity contribution < 1.29 is 17.9 Å². The van der Waals surface area contributed by atoms with Crippen LogP contribution in [-0.4, -0.2) is 39.4 Å². The maximum Gasteiger partial charge on any atom is 0.238 e. The Bertz CT molecular complexity index is 580. The first-order valence-electron chi connectivity index (χ1n) is 6.31. The lowest BCUT2D eigenvalue weighted by atomic mass is 10.1. The second kappa shape index (κ2) is 6.71. The summed E-state index contributed by atoms with van der Waals surface area (Å²) in [4.78, 5) is 13.7. The minimum absolute atomic E-state index is 0.0272. The average Bonchev–Trinajstić information content (AvgIpc) is 2.39. The number of likely N-dealkylation sites (N-methyl/N-ethyl adjacent to an activating group) is 1. The van der Waals surface area contributed by atoms with Crippen molar-refractivity contribution in [3.8, 4) is 5.75 Å². The number of benzene rings is 1. The third-order valence-corrected chi connectivity index (χ3v) is 3.95. The third-order valence-electron chi connectivity index (χ3n) is 3.04. The van der Waals surface area contributed by atoms with Gasteiger partial charge in [-0.3, -0.25) is 4.79 Å². The molecular formula is C13H20N2O4S. The zero-order valence-corrected chi connectivity index (χ0v) is 12.7.